The smallest absolute Gasteiger partial charge is 0.460 e. The van der Waals surface area contributed by atoms with Crippen molar-refractivity contribution in [3.63, 3.8) is 0 Å². The summed E-state index contributed by atoms with van der Waals surface area (Å²) in [4.78, 5) is 17.1. The second-order valence-electron chi connectivity index (χ2n) is 2.51. The molecule has 5 nitrogen and oxygen atoms in total. The van der Waals surface area contributed by atoms with Crippen LogP contribution in [0, 0.1) is 6.92 Å². The van der Waals surface area contributed by atoms with E-state index in [-0.39, 0.29) is 30.4 Å². The summed E-state index contributed by atoms with van der Waals surface area (Å²) in [6, 6.07) is 0. The number of nitrogens with zero attached hydrogens (tertiary/aromatic N) is 1. The Kier molecular flexibility index (Phi) is 2.50. The molecule has 0 radical (unpaired) electrons. The van der Waals surface area contributed by atoms with Gasteiger partial charge >= 0.3 is 18.9 Å². The second-order valence-corrected chi connectivity index (χ2v) is 2.51. The number of hydrogen-bond acceptors (Lipinski definition) is 3. The molecule has 0 amide bonds. The standard InChI is InChI=1S/C7H7N3O2.Li/c1-3-2-12-5-4(3)9-7(8)10-6(5)11;/h2H,1H3,(H3,8,9,10,11);/q;+1/p-1. The number of rotatable bonds is 0. The molecule has 0 fully saturated rings. The van der Waals surface area contributed by atoms with Crippen LogP contribution in [0.15, 0.2) is 15.5 Å². The van der Waals surface area contributed by atoms with Crippen molar-refractivity contribution < 1.29 is 23.3 Å². The van der Waals surface area contributed by atoms with E-state index in [4.69, 9.17) is 10.2 Å². The van der Waals surface area contributed by atoms with Crippen molar-refractivity contribution >= 4 is 17.0 Å². The molecule has 0 aromatic carbocycles. The molecular weight excluding hydrogens is 165 g/mol. The van der Waals surface area contributed by atoms with Crippen LogP contribution >= 0.6 is 0 Å². The van der Waals surface area contributed by atoms with E-state index in [1.54, 1.807) is 6.92 Å². The van der Waals surface area contributed by atoms with Crippen LogP contribution in [-0.4, -0.2) is 9.97 Å². The number of aromatic nitrogens is 2. The maximum Gasteiger partial charge on any atom is 1.00 e. The van der Waals surface area contributed by atoms with Gasteiger partial charge < -0.3 is 20.1 Å². The third-order valence-corrected chi connectivity index (χ3v) is 1.60. The number of aryl methyl sites for hydroxylation is 1. The average Bonchev–Trinajstić information content (AvgIpc) is 2.33. The van der Waals surface area contributed by atoms with E-state index < -0.39 is 5.56 Å². The Morgan fingerprint density at radius 2 is 2.31 bits per heavy atom. The van der Waals surface area contributed by atoms with E-state index in [0.29, 0.717) is 5.52 Å². The van der Waals surface area contributed by atoms with Crippen molar-refractivity contribution in [2.75, 3.05) is 0 Å². The van der Waals surface area contributed by atoms with Crippen LogP contribution in [0.4, 0.5) is 5.95 Å². The number of H-pyrrole nitrogens is 1. The van der Waals surface area contributed by atoms with Crippen molar-refractivity contribution in [3.05, 3.63) is 27.9 Å². The summed E-state index contributed by atoms with van der Waals surface area (Å²) in [6.07, 6.45) is 1.45. The fourth-order valence-electron chi connectivity index (χ4n) is 1.04. The molecular formula is C7H6LiN3O2. The molecule has 2 N–H and O–H groups in total. The average molecular weight is 171 g/mol. The fourth-order valence-corrected chi connectivity index (χ4v) is 1.04. The maximum atomic E-state index is 11.1. The normalized spacial score (nSPS) is 9.92. The van der Waals surface area contributed by atoms with Crippen LogP contribution in [0.1, 0.15) is 5.56 Å². The summed E-state index contributed by atoms with van der Waals surface area (Å²) in [5.41, 5.74) is 8.15. The first-order chi connectivity index (χ1) is 5.68. The predicted molar refractivity (Wildman–Crippen MR) is 43.3 cm³/mol. The van der Waals surface area contributed by atoms with Crippen molar-refractivity contribution in [1.82, 2.24) is 9.97 Å². The monoisotopic (exact) mass is 171 g/mol. The topological polar surface area (TPSA) is 82.7 Å². The third kappa shape index (κ3) is 1.48. The quantitative estimate of drug-likeness (QED) is 0.490. The molecule has 0 aliphatic rings. The van der Waals surface area contributed by atoms with Gasteiger partial charge in [-0.05, 0) is 12.5 Å². The molecule has 62 valence electrons. The SMILES string of the molecule is Cc1coc2c(=O)[nH]c([NH-])nc12.[Li+]. The van der Waals surface area contributed by atoms with Gasteiger partial charge in [0.25, 0.3) is 0 Å². The summed E-state index contributed by atoms with van der Waals surface area (Å²) in [5, 5.41) is 0. The van der Waals surface area contributed by atoms with Crippen molar-refractivity contribution in [2.45, 2.75) is 6.92 Å². The van der Waals surface area contributed by atoms with Gasteiger partial charge in [0.1, 0.15) is 0 Å². The Morgan fingerprint density at radius 3 is 3.00 bits per heavy atom. The van der Waals surface area contributed by atoms with Gasteiger partial charge in [0, 0.05) is 11.5 Å². The third-order valence-electron chi connectivity index (χ3n) is 1.60. The predicted octanol–water partition coefficient (Wildman–Crippen LogP) is -1.49. The van der Waals surface area contributed by atoms with E-state index in [0.717, 1.165) is 5.56 Å². The second kappa shape index (κ2) is 3.28. The number of hydrogen-bond donors (Lipinski definition) is 1. The van der Waals surface area contributed by atoms with Crippen LogP contribution in [0.5, 0.6) is 0 Å². The first kappa shape index (κ1) is 9.90. The molecule has 2 aromatic rings. The van der Waals surface area contributed by atoms with Crippen LogP contribution in [0.3, 0.4) is 0 Å². The number of aromatic amines is 1. The zero-order valence-electron chi connectivity index (χ0n) is 7.34. The van der Waals surface area contributed by atoms with Gasteiger partial charge in [-0.25, -0.2) is 0 Å². The summed E-state index contributed by atoms with van der Waals surface area (Å²) in [5.74, 6) is -0.142. The molecule has 0 spiro atoms. The number of fused-ring (bicyclic) bond motifs is 1. The van der Waals surface area contributed by atoms with Gasteiger partial charge in [-0.1, -0.05) is 0 Å². The van der Waals surface area contributed by atoms with Gasteiger partial charge in [-0.15, -0.1) is 0 Å². The number of furan rings is 1. The van der Waals surface area contributed by atoms with Crippen molar-refractivity contribution in [2.24, 2.45) is 0 Å². The molecule has 0 saturated heterocycles. The minimum atomic E-state index is -0.405. The van der Waals surface area contributed by atoms with E-state index in [2.05, 4.69) is 9.97 Å². The van der Waals surface area contributed by atoms with Gasteiger partial charge in [-0.2, -0.15) is 0 Å². The molecule has 6 heteroatoms. The molecule has 0 unspecified atom stereocenters. The number of nitrogens with one attached hydrogen (secondary N) is 2. The summed E-state index contributed by atoms with van der Waals surface area (Å²) in [7, 11) is 0. The van der Waals surface area contributed by atoms with Crippen LogP contribution in [-0.2, 0) is 0 Å². The largest absolute Gasteiger partial charge is 1.00 e. The molecule has 0 aliphatic heterocycles. The molecule has 2 rings (SSSR count). The zero-order chi connectivity index (χ0) is 8.72. The minimum Gasteiger partial charge on any atom is -0.460 e. The van der Waals surface area contributed by atoms with Gasteiger partial charge in [-0.3, -0.25) is 4.79 Å². The molecule has 0 aliphatic carbocycles. The van der Waals surface area contributed by atoms with Crippen LogP contribution in [0.25, 0.3) is 16.8 Å². The zero-order valence-corrected chi connectivity index (χ0v) is 7.34. The van der Waals surface area contributed by atoms with E-state index in [1.807, 2.05) is 0 Å². The van der Waals surface area contributed by atoms with Crippen molar-refractivity contribution in [3.8, 4) is 0 Å². The fraction of sp³-hybridized carbons (Fsp3) is 0.143. The molecule has 0 atom stereocenters. The Labute approximate surface area is 85.5 Å². The molecule has 2 heterocycles. The van der Waals surface area contributed by atoms with Crippen LogP contribution in [0.2, 0.25) is 0 Å². The summed E-state index contributed by atoms with van der Waals surface area (Å²) < 4.78 is 4.94. The Bertz CT molecular complexity index is 488. The van der Waals surface area contributed by atoms with Crippen molar-refractivity contribution in [1.29, 1.82) is 0 Å². The van der Waals surface area contributed by atoms with Gasteiger partial charge in [0.2, 0.25) is 5.56 Å². The van der Waals surface area contributed by atoms with Gasteiger partial charge in [0.15, 0.2) is 5.58 Å². The molecule has 0 saturated carbocycles. The van der Waals surface area contributed by atoms with Crippen LogP contribution < -0.4 is 24.4 Å². The van der Waals surface area contributed by atoms with Gasteiger partial charge in [0.05, 0.1) is 6.26 Å². The van der Waals surface area contributed by atoms with E-state index in [1.165, 1.54) is 6.26 Å². The summed E-state index contributed by atoms with van der Waals surface area (Å²) >= 11 is 0. The minimum absolute atomic E-state index is 0. The Hall–Kier alpha value is -1.18. The Balaban J connectivity index is 0.000000845. The maximum absolute atomic E-state index is 11.1. The molecule has 2 aromatic heterocycles. The van der Waals surface area contributed by atoms with E-state index in [9.17, 15) is 4.79 Å². The van der Waals surface area contributed by atoms with E-state index >= 15 is 0 Å². The summed E-state index contributed by atoms with van der Waals surface area (Å²) in [6.45, 7) is 1.78. The first-order valence-electron chi connectivity index (χ1n) is 3.38. The first-order valence-corrected chi connectivity index (χ1v) is 3.38. The molecule has 13 heavy (non-hydrogen) atoms. The molecule has 0 bridgehead atoms. The Morgan fingerprint density at radius 1 is 1.62 bits per heavy atom.